The van der Waals surface area contributed by atoms with E-state index in [9.17, 15) is 27.2 Å². The number of anilines is 1. The van der Waals surface area contributed by atoms with Crippen molar-refractivity contribution in [1.82, 2.24) is 0 Å². The molecule has 0 radical (unpaired) electrons. The molecule has 1 aliphatic rings. The fourth-order valence-corrected chi connectivity index (χ4v) is 2.24. The summed E-state index contributed by atoms with van der Waals surface area (Å²) >= 11 is 0. The molecule has 1 aliphatic heterocycles. The van der Waals surface area contributed by atoms with Crippen molar-refractivity contribution < 1.29 is 41.4 Å². The minimum Gasteiger partial charge on any atom is -0.466 e. The lowest BCUT2D eigenvalue weighted by Gasteiger charge is -2.31. The van der Waals surface area contributed by atoms with Crippen LogP contribution in [0.2, 0.25) is 0 Å². The van der Waals surface area contributed by atoms with Gasteiger partial charge in [0.1, 0.15) is 18.2 Å². The molecule has 0 spiro atoms. The number of alkyl halides is 3. The Morgan fingerprint density at radius 2 is 1.76 bits per heavy atom. The van der Waals surface area contributed by atoms with Crippen molar-refractivity contribution >= 4 is 17.6 Å². The Kier molecular flexibility index (Phi) is 5.31. The van der Waals surface area contributed by atoms with E-state index in [-0.39, 0.29) is 30.3 Å². The highest BCUT2D eigenvalue weighted by Crippen LogP contribution is 2.34. The summed E-state index contributed by atoms with van der Waals surface area (Å²) < 4.78 is 66.6. The largest absolute Gasteiger partial charge is 0.466 e. The standard InChI is InChI=1S/C15H13F4NO5/c1-23-13(21)11-6-25-7-20(12(11)14(22)24-2)10-4-8(15(17,18)19)3-9(16)5-10/h3-5H,6-7H2,1-2H3. The van der Waals surface area contributed by atoms with E-state index in [0.29, 0.717) is 12.1 Å². The predicted molar refractivity (Wildman–Crippen MR) is 75.8 cm³/mol. The smallest absolute Gasteiger partial charge is 0.416 e. The lowest BCUT2D eigenvalue weighted by Crippen LogP contribution is -2.39. The van der Waals surface area contributed by atoms with Gasteiger partial charge in [0.05, 0.1) is 32.0 Å². The third-order valence-electron chi connectivity index (χ3n) is 3.35. The molecule has 1 aromatic carbocycles. The zero-order valence-electron chi connectivity index (χ0n) is 13.1. The van der Waals surface area contributed by atoms with Crippen molar-refractivity contribution in [2.45, 2.75) is 6.18 Å². The van der Waals surface area contributed by atoms with Crippen LogP contribution in [0.15, 0.2) is 29.5 Å². The van der Waals surface area contributed by atoms with Gasteiger partial charge >= 0.3 is 18.1 Å². The Morgan fingerprint density at radius 3 is 2.32 bits per heavy atom. The fourth-order valence-electron chi connectivity index (χ4n) is 2.24. The van der Waals surface area contributed by atoms with Crippen molar-refractivity contribution in [2.24, 2.45) is 0 Å². The summed E-state index contributed by atoms with van der Waals surface area (Å²) in [6, 6.07) is 1.73. The number of carbonyl (C=O) groups excluding carboxylic acids is 2. The monoisotopic (exact) mass is 363 g/mol. The van der Waals surface area contributed by atoms with Crippen molar-refractivity contribution in [3.8, 4) is 0 Å². The highest BCUT2D eigenvalue weighted by molar-refractivity contribution is 6.03. The minimum absolute atomic E-state index is 0.251. The highest BCUT2D eigenvalue weighted by Gasteiger charge is 2.35. The molecule has 0 fully saturated rings. The third kappa shape index (κ3) is 3.90. The molecule has 0 aliphatic carbocycles. The van der Waals surface area contributed by atoms with Gasteiger partial charge < -0.3 is 19.1 Å². The van der Waals surface area contributed by atoms with E-state index in [2.05, 4.69) is 9.47 Å². The zero-order valence-corrected chi connectivity index (χ0v) is 13.1. The fraction of sp³-hybridized carbons (Fsp3) is 0.333. The maximum Gasteiger partial charge on any atom is 0.416 e. The van der Waals surface area contributed by atoms with Gasteiger partial charge in [-0.1, -0.05) is 0 Å². The number of esters is 2. The quantitative estimate of drug-likeness (QED) is 0.606. The van der Waals surface area contributed by atoms with E-state index in [4.69, 9.17) is 4.74 Å². The lowest BCUT2D eigenvalue weighted by atomic mass is 10.1. The van der Waals surface area contributed by atoms with Crippen LogP contribution >= 0.6 is 0 Å². The first kappa shape index (κ1) is 18.7. The number of benzene rings is 1. The summed E-state index contributed by atoms with van der Waals surface area (Å²) in [5.74, 6) is -3.08. The number of halogens is 4. The normalized spacial score (nSPS) is 15.2. The molecule has 0 unspecified atom stereocenters. The molecule has 1 heterocycles. The number of hydrogen-bond donors (Lipinski definition) is 0. The summed E-state index contributed by atoms with van der Waals surface area (Å²) in [6.45, 7) is -0.694. The summed E-state index contributed by atoms with van der Waals surface area (Å²) in [4.78, 5) is 24.8. The number of carbonyl (C=O) groups is 2. The van der Waals surface area contributed by atoms with Crippen LogP contribution in [-0.2, 0) is 30.0 Å². The van der Waals surface area contributed by atoms with Gasteiger partial charge in [-0.15, -0.1) is 0 Å². The van der Waals surface area contributed by atoms with Gasteiger partial charge in [0.2, 0.25) is 0 Å². The van der Waals surface area contributed by atoms with Crippen LogP contribution in [0.4, 0.5) is 23.2 Å². The molecular weight excluding hydrogens is 350 g/mol. The van der Waals surface area contributed by atoms with Crippen LogP contribution in [0.1, 0.15) is 5.56 Å². The molecule has 25 heavy (non-hydrogen) atoms. The Balaban J connectivity index is 2.62. The molecule has 0 amide bonds. The van der Waals surface area contributed by atoms with Gasteiger partial charge in [0.25, 0.3) is 0 Å². The van der Waals surface area contributed by atoms with Crippen LogP contribution in [0.3, 0.4) is 0 Å². The summed E-state index contributed by atoms with van der Waals surface area (Å²) in [6.07, 6.45) is -4.80. The number of rotatable bonds is 3. The average Bonchev–Trinajstić information content (AvgIpc) is 2.58. The minimum atomic E-state index is -4.80. The molecule has 0 bridgehead atoms. The average molecular weight is 363 g/mol. The second-order valence-electron chi connectivity index (χ2n) is 4.91. The predicted octanol–water partition coefficient (Wildman–Crippen LogP) is 2.24. The van der Waals surface area contributed by atoms with Crippen molar-refractivity contribution in [3.05, 3.63) is 40.8 Å². The number of ether oxygens (including phenoxy) is 3. The molecule has 10 heteroatoms. The Morgan fingerprint density at radius 1 is 1.12 bits per heavy atom. The van der Waals surface area contributed by atoms with Gasteiger partial charge in [-0.2, -0.15) is 13.2 Å². The highest BCUT2D eigenvalue weighted by atomic mass is 19.4. The Labute approximate surface area is 139 Å². The van der Waals surface area contributed by atoms with Crippen LogP contribution in [-0.4, -0.2) is 39.5 Å². The molecule has 0 saturated heterocycles. The molecule has 0 aromatic heterocycles. The van der Waals surface area contributed by atoms with Crippen molar-refractivity contribution in [2.75, 3.05) is 32.5 Å². The van der Waals surface area contributed by atoms with E-state index in [1.54, 1.807) is 0 Å². The molecule has 6 nitrogen and oxygen atoms in total. The van der Waals surface area contributed by atoms with E-state index in [0.717, 1.165) is 25.2 Å². The molecule has 0 atom stereocenters. The molecule has 0 N–H and O–H groups in total. The van der Waals surface area contributed by atoms with Crippen molar-refractivity contribution in [1.29, 1.82) is 0 Å². The van der Waals surface area contributed by atoms with E-state index >= 15 is 0 Å². The topological polar surface area (TPSA) is 65.1 Å². The van der Waals surface area contributed by atoms with Gasteiger partial charge in [-0.05, 0) is 18.2 Å². The molecule has 0 saturated carbocycles. The van der Waals surface area contributed by atoms with E-state index in [1.807, 2.05) is 0 Å². The van der Waals surface area contributed by atoms with Gasteiger partial charge in [0.15, 0.2) is 0 Å². The van der Waals surface area contributed by atoms with Crippen molar-refractivity contribution in [3.63, 3.8) is 0 Å². The third-order valence-corrected chi connectivity index (χ3v) is 3.35. The van der Waals surface area contributed by atoms with Crippen LogP contribution in [0, 0.1) is 5.82 Å². The van der Waals surface area contributed by atoms with Crippen LogP contribution in [0.5, 0.6) is 0 Å². The number of nitrogens with zero attached hydrogens (tertiary/aromatic N) is 1. The maximum atomic E-state index is 13.7. The summed E-state index contributed by atoms with van der Waals surface area (Å²) in [5, 5.41) is 0. The second kappa shape index (κ2) is 7.09. The SMILES string of the molecule is COC(=O)C1=C(C(=O)OC)N(c2cc(F)cc(C(F)(F)F)c2)COC1. The number of methoxy groups -OCH3 is 2. The van der Waals surface area contributed by atoms with E-state index in [1.165, 1.54) is 0 Å². The van der Waals surface area contributed by atoms with Gasteiger partial charge in [-0.3, -0.25) is 0 Å². The molecule has 1 aromatic rings. The van der Waals surface area contributed by atoms with E-state index < -0.39 is 29.5 Å². The summed E-state index contributed by atoms with van der Waals surface area (Å²) in [5.41, 5.74) is -2.21. The van der Waals surface area contributed by atoms with Gasteiger partial charge in [-0.25, -0.2) is 14.0 Å². The van der Waals surface area contributed by atoms with Crippen LogP contribution < -0.4 is 4.90 Å². The first-order chi connectivity index (χ1) is 11.7. The summed E-state index contributed by atoms with van der Waals surface area (Å²) in [7, 11) is 2.09. The van der Waals surface area contributed by atoms with Gasteiger partial charge in [0, 0.05) is 5.69 Å². The zero-order chi connectivity index (χ0) is 18.8. The molecule has 136 valence electrons. The Hall–Kier alpha value is -2.62. The molecular formula is C15H13F4NO5. The number of hydrogen-bond acceptors (Lipinski definition) is 6. The maximum absolute atomic E-state index is 13.7. The molecule has 2 rings (SSSR count). The van der Waals surface area contributed by atoms with Crippen LogP contribution in [0.25, 0.3) is 0 Å². The first-order valence-corrected chi connectivity index (χ1v) is 6.82. The Bertz CT molecular complexity index is 729. The second-order valence-corrected chi connectivity index (χ2v) is 4.91. The lowest BCUT2D eigenvalue weighted by molar-refractivity contribution is -0.140. The first-order valence-electron chi connectivity index (χ1n) is 6.82.